The van der Waals surface area contributed by atoms with Gasteiger partial charge in [0.25, 0.3) is 0 Å². The number of ether oxygens (including phenoxy) is 1. The van der Waals surface area contributed by atoms with Gasteiger partial charge in [0.1, 0.15) is 6.61 Å². The number of aromatic nitrogens is 3. The summed E-state index contributed by atoms with van der Waals surface area (Å²) in [5, 5.41) is 7.71. The van der Waals surface area contributed by atoms with Gasteiger partial charge in [-0.25, -0.2) is 9.78 Å². The van der Waals surface area contributed by atoms with Crippen LogP contribution in [0.25, 0.3) is 11.4 Å². The standard InChI is InChI=1S/C17H14BrN3O2S/c18-14-9-5-4-8-13(14)15-19-17(21-20-15)24-11-10-23-16(22)12-6-2-1-3-7-12/h1-9H,10-11H2,(H,19,20,21). The minimum absolute atomic E-state index is 0.303. The summed E-state index contributed by atoms with van der Waals surface area (Å²) in [6, 6.07) is 16.7. The lowest BCUT2D eigenvalue weighted by molar-refractivity contribution is 0.0530. The number of aromatic amines is 1. The summed E-state index contributed by atoms with van der Waals surface area (Å²) in [4.78, 5) is 16.3. The van der Waals surface area contributed by atoms with Crippen molar-refractivity contribution in [2.75, 3.05) is 12.4 Å². The molecular weight excluding hydrogens is 390 g/mol. The van der Waals surface area contributed by atoms with Gasteiger partial charge in [-0.2, -0.15) is 0 Å². The molecule has 0 unspecified atom stereocenters. The van der Waals surface area contributed by atoms with E-state index in [0.29, 0.717) is 28.9 Å². The minimum Gasteiger partial charge on any atom is -0.461 e. The number of hydrogen-bond donors (Lipinski definition) is 1. The number of hydrogen-bond acceptors (Lipinski definition) is 5. The summed E-state index contributed by atoms with van der Waals surface area (Å²) in [7, 11) is 0. The van der Waals surface area contributed by atoms with Crippen LogP contribution in [0.1, 0.15) is 10.4 Å². The van der Waals surface area contributed by atoms with Crippen molar-refractivity contribution in [1.82, 2.24) is 15.2 Å². The van der Waals surface area contributed by atoms with Gasteiger partial charge in [-0.05, 0) is 18.2 Å². The van der Waals surface area contributed by atoms with Crippen molar-refractivity contribution < 1.29 is 9.53 Å². The second kappa shape index (κ2) is 8.12. The quantitative estimate of drug-likeness (QED) is 0.379. The molecule has 0 fully saturated rings. The van der Waals surface area contributed by atoms with Crippen molar-refractivity contribution in [2.45, 2.75) is 5.16 Å². The van der Waals surface area contributed by atoms with Gasteiger partial charge in [-0.1, -0.05) is 64.1 Å². The lowest BCUT2D eigenvalue weighted by atomic mass is 10.2. The lowest BCUT2D eigenvalue weighted by Crippen LogP contribution is -2.07. The number of benzene rings is 2. The molecule has 122 valence electrons. The van der Waals surface area contributed by atoms with Gasteiger partial charge in [-0.3, -0.25) is 5.10 Å². The molecule has 1 heterocycles. The summed E-state index contributed by atoms with van der Waals surface area (Å²) in [6.45, 7) is 0.303. The van der Waals surface area contributed by atoms with Crippen LogP contribution in [0.5, 0.6) is 0 Å². The van der Waals surface area contributed by atoms with E-state index in [1.807, 2.05) is 42.5 Å². The Morgan fingerprint density at radius 3 is 2.67 bits per heavy atom. The van der Waals surface area contributed by atoms with E-state index in [2.05, 4.69) is 31.1 Å². The molecule has 0 amide bonds. The molecule has 2 aromatic carbocycles. The smallest absolute Gasteiger partial charge is 0.338 e. The number of H-pyrrole nitrogens is 1. The molecule has 1 N–H and O–H groups in total. The second-order valence-corrected chi connectivity index (χ2v) is 6.71. The van der Waals surface area contributed by atoms with E-state index >= 15 is 0 Å². The third-order valence-electron chi connectivity index (χ3n) is 3.15. The molecule has 0 saturated carbocycles. The maximum atomic E-state index is 11.8. The number of halogens is 1. The number of nitrogens with one attached hydrogen (secondary N) is 1. The Bertz CT molecular complexity index is 823. The predicted molar refractivity (Wildman–Crippen MR) is 97.0 cm³/mol. The van der Waals surface area contributed by atoms with E-state index in [-0.39, 0.29) is 5.97 Å². The fraction of sp³-hybridized carbons (Fsp3) is 0.118. The third kappa shape index (κ3) is 4.24. The number of thioether (sulfide) groups is 1. The Labute approximate surface area is 152 Å². The first-order valence-corrected chi connectivity index (χ1v) is 9.04. The maximum Gasteiger partial charge on any atom is 0.338 e. The summed E-state index contributed by atoms with van der Waals surface area (Å²) < 4.78 is 6.18. The Morgan fingerprint density at radius 2 is 1.88 bits per heavy atom. The molecule has 3 rings (SSSR count). The SMILES string of the molecule is O=C(OCCSc1n[nH]c(-c2ccccc2Br)n1)c1ccccc1. The fourth-order valence-electron chi connectivity index (χ4n) is 2.01. The van der Waals surface area contributed by atoms with Gasteiger partial charge in [0.15, 0.2) is 5.82 Å². The summed E-state index contributed by atoms with van der Waals surface area (Å²) in [6.07, 6.45) is 0. The van der Waals surface area contributed by atoms with E-state index in [1.54, 1.807) is 12.1 Å². The highest BCUT2D eigenvalue weighted by molar-refractivity contribution is 9.10. The number of esters is 1. The Hall–Kier alpha value is -2.12. The van der Waals surface area contributed by atoms with Crippen molar-refractivity contribution in [3.63, 3.8) is 0 Å². The van der Waals surface area contributed by atoms with Crippen LogP contribution in [-0.2, 0) is 4.74 Å². The highest BCUT2D eigenvalue weighted by atomic mass is 79.9. The summed E-state index contributed by atoms with van der Waals surface area (Å²) >= 11 is 4.93. The van der Waals surface area contributed by atoms with Crippen molar-refractivity contribution in [2.24, 2.45) is 0 Å². The van der Waals surface area contributed by atoms with Gasteiger partial charge < -0.3 is 4.74 Å². The number of nitrogens with zero attached hydrogens (tertiary/aromatic N) is 2. The Kier molecular flexibility index (Phi) is 5.66. The van der Waals surface area contributed by atoms with E-state index in [0.717, 1.165) is 10.0 Å². The van der Waals surface area contributed by atoms with Gasteiger partial charge >= 0.3 is 5.97 Å². The second-order valence-electron chi connectivity index (χ2n) is 4.80. The van der Waals surface area contributed by atoms with Crippen LogP contribution in [0, 0.1) is 0 Å². The monoisotopic (exact) mass is 403 g/mol. The van der Waals surface area contributed by atoms with Crippen LogP contribution in [0.2, 0.25) is 0 Å². The van der Waals surface area contributed by atoms with Crippen LogP contribution >= 0.6 is 27.7 Å². The van der Waals surface area contributed by atoms with Crippen molar-refractivity contribution in [1.29, 1.82) is 0 Å². The van der Waals surface area contributed by atoms with E-state index < -0.39 is 0 Å². The molecule has 3 aromatic rings. The molecule has 0 atom stereocenters. The van der Waals surface area contributed by atoms with Gasteiger partial charge in [0.2, 0.25) is 5.16 Å². The van der Waals surface area contributed by atoms with E-state index in [4.69, 9.17) is 4.74 Å². The molecule has 5 nitrogen and oxygen atoms in total. The molecule has 0 aliphatic carbocycles. The first-order chi connectivity index (χ1) is 11.7. The fourth-order valence-corrected chi connectivity index (χ4v) is 3.10. The Morgan fingerprint density at radius 1 is 1.12 bits per heavy atom. The maximum absolute atomic E-state index is 11.8. The first kappa shape index (κ1) is 16.7. The Balaban J connectivity index is 1.50. The highest BCUT2D eigenvalue weighted by Gasteiger charge is 2.10. The van der Waals surface area contributed by atoms with Crippen LogP contribution in [0.4, 0.5) is 0 Å². The topological polar surface area (TPSA) is 67.9 Å². The first-order valence-electron chi connectivity index (χ1n) is 7.26. The number of carbonyl (C=O) groups excluding carboxylic acids is 1. The zero-order chi connectivity index (χ0) is 16.8. The normalized spacial score (nSPS) is 10.5. The number of rotatable bonds is 6. The van der Waals surface area contributed by atoms with Crippen LogP contribution in [0.3, 0.4) is 0 Å². The molecule has 0 radical (unpaired) electrons. The third-order valence-corrected chi connectivity index (χ3v) is 4.65. The van der Waals surface area contributed by atoms with Crippen LogP contribution in [-0.4, -0.2) is 33.5 Å². The summed E-state index contributed by atoms with van der Waals surface area (Å²) in [5.74, 6) is 0.970. The lowest BCUT2D eigenvalue weighted by Gasteiger charge is -2.03. The molecular formula is C17H14BrN3O2S. The largest absolute Gasteiger partial charge is 0.461 e. The van der Waals surface area contributed by atoms with E-state index in [9.17, 15) is 4.79 Å². The number of carbonyl (C=O) groups is 1. The highest BCUT2D eigenvalue weighted by Crippen LogP contribution is 2.26. The van der Waals surface area contributed by atoms with Crippen LogP contribution < -0.4 is 0 Å². The zero-order valence-electron chi connectivity index (χ0n) is 12.6. The molecule has 1 aromatic heterocycles. The molecule has 0 spiro atoms. The molecule has 7 heteroatoms. The van der Waals surface area contributed by atoms with Gasteiger partial charge in [-0.15, -0.1) is 5.10 Å². The molecule has 0 bridgehead atoms. The molecule has 24 heavy (non-hydrogen) atoms. The molecule has 0 saturated heterocycles. The molecule has 0 aliphatic rings. The average molecular weight is 404 g/mol. The van der Waals surface area contributed by atoms with E-state index in [1.165, 1.54) is 11.8 Å². The molecule has 0 aliphatic heterocycles. The zero-order valence-corrected chi connectivity index (χ0v) is 15.0. The van der Waals surface area contributed by atoms with Gasteiger partial charge in [0.05, 0.1) is 5.56 Å². The van der Waals surface area contributed by atoms with Gasteiger partial charge in [0, 0.05) is 15.8 Å². The average Bonchev–Trinajstić information content (AvgIpc) is 3.08. The van der Waals surface area contributed by atoms with Crippen molar-refractivity contribution in [3.8, 4) is 11.4 Å². The predicted octanol–water partition coefficient (Wildman–Crippen LogP) is 4.18. The van der Waals surface area contributed by atoms with Crippen LogP contribution in [0.15, 0.2) is 64.2 Å². The van der Waals surface area contributed by atoms with Crippen molar-refractivity contribution in [3.05, 3.63) is 64.6 Å². The minimum atomic E-state index is -0.319. The van der Waals surface area contributed by atoms with Crippen molar-refractivity contribution >= 4 is 33.7 Å². The summed E-state index contributed by atoms with van der Waals surface area (Å²) in [5.41, 5.74) is 1.50.